The molecule has 0 amide bonds. The molecule has 6 heteroatoms. The average Bonchev–Trinajstić information content (AvgIpc) is 3.19. The number of aryl methyl sites for hydroxylation is 1. The Morgan fingerprint density at radius 1 is 1.43 bits per heavy atom. The van der Waals surface area contributed by atoms with Crippen molar-refractivity contribution >= 4 is 16.9 Å². The van der Waals surface area contributed by atoms with Crippen molar-refractivity contribution in [2.45, 2.75) is 25.8 Å². The number of methoxy groups -OCH3 is 1. The number of hydrogen-bond donors (Lipinski definition) is 0. The molecule has 1 aliphatic heterocycles. The lowest BCUT2D eigenvalue weighted by molar-refractivity contribution is -0.142. The van der Waals surface area contributed by atoms with E-state index in [4.69, 9.17) is 4.74 Å². The van der Waals surface area contributed by atoms with Crippen LogP contribution >= 0.6 is 0 Å². The number of ether oxygens (including phenoxy) is 1. The van der Waals surface area contributed by atoms with E-state index in [0.717, 1.165) is 0 Å². The van der Waals surface area contributed by atoms with Crippen LogP contribution in [0.1, 0.15) is 19.7 Å². The Kier molecular flexibility index (Phi) is 2.97. The Morgan fingerprint density at radius 3 is 2.81 bits per heavy atom. The third kappa shape index (κ3) is 1.90. The van der Waals surface area contributed by atoms with Gasteiger partial charge in [0.2, 0.25) is 0 Å². The maximum atomic E-state index is 12.7. The first kappa shape index (κ1) is 13.6. The second kappa shape index (κ2) is 4.58. The molecule has 0 bridgehead atoms. The van der Waals surface area contributed by atoms with Gasteiger partial charge >= 0.3 is 5.97 Å². The predicted octanol–water partition coefficient (Wildman–Crippen LogP) is 0.842. The van der Waals surface area contributed by atoms with E-state index in [9.17, 15) is 9.59 Å². The highest BCUT2D eigenvalue weighted by Gasteiger charge is 2.57. The number of carbonyl (C=O) groups excluding carboxylic acids is 1. The van der Waals surface area contributed by atoms with Crippen LogP contribution in [0.2, 0.25) is 0 Å². The number of rotatable bonds is 3. The second-order valence-corrected chi connectivity index (χ2v) is 5.34. The minimum Gasteiger partial charge on any atom is -0.467 e. The smallest absolute Gasteiger partial charge is 0.334 e. The molecule has 110 valence electrons. The minimum atomic E-state index is -0.785. The van der Waals surface area contributed by atoms with E-state index in [0.29, 0.717) is 29.7 Å². The van der Waals surface area contributed by atoms with Crippen molar-refractivity contribution in [3.63, 3.8) is 0 Å². The van der Waals surface area contributed by atoms with Crippen molar-refractivity contribution in [2.75, 3.05) is 18.7 Å². The number of aromatic nitrogens is 2. The topological polar surface area (TPSA) is 64.2 Å². The molecule has 0 aliphatic carbocycles. The van der Waals surface area contributed by atoms with Gasteiger partial charge in [-0.3, -0.25) is 9.80 Å². The van der Waals surface area contributed by atoms with E-state index in [1.807, 2.05) is 25.1 Å². The van der Waals surface area contributed by atoms with Crippen molar-refractivity contribution in [2.24, 2.45) is 0 Å². The third-order valence-corrected chi connectivity index (χ3v) is 3.93. The van der Waals surface area contributed by atoms with Gasteiger partial charge in [0.15, 0.2) is 5.54 Å². The molecule has 3 rings (SSSR count). The zero-order chi connectivity index (χ0) is 15.2. The lowest BCUT2D eigenvalue weighted by atomic mass is 10.2. The van der Waals surface area contributed by atoms with E-state index in [2.05, 4.69) is 4.98 Å². The van der Waals surface area contributed by atoms with Crippen molar-refractivity contribution in [3.05, 3.63) is 40.4 Å². The zero-order valence-electron chi connectivity index (χ0n) is 12.3. The summed E-state index contributed by atoms with van der Waals surface area (Å²) in [7, 11) is 1.35. The molecule has 1 aliphatic rings. The standard InChI is InChI=1S/C15H17N3O3/c1-4-12-16-11-8-6-5-7-10(11)13(19)18(12)17-9-15(17,2)14(20)21-3/h5-8H,4,9H2,1-3H3/t15-,17?/m1/s1. The summed E-state index contributed by atoms with van der Waals surface area (Å²) in [5.74, 6) is 0.302. The lowest BCUT2D eigenvalue weighted by Gasteiger charge is -2.17. The normalized spacial score (nSPS) is 20.6. The summed E-state index contributed by atoms with van der Waals surface area (Å²) in [6.45, 7) is 4.15. The fourth-order valence-electron chi connectivity index (χ4n) is 2.58. The Hall–Kier alpha value is -2.37. The van der Waals surface area contributed by atoms with Crippen LogP contribution in [0.15, 0.2) is 29.1 Å². The molecule has 1 atom stereocenters. The van der Waals surface area contributed by atoms with Crippen molar-refractivity contribution in [1.29, 1.82) is 0 Å². The highest BCUT2D eigenvalue weighted by Crippen LogP contribution is 2.31. The molecule has 0 radical (unpaired) electrons. The molecule has 0 saturated carbocycles. The van der Waals surface area contributed by atoms with Crippen LogP contribution in [0.5, 0.6) is 0 Å². The molecule has 0 N–H and O–H groups in total. The second-order valence-electron chi connectivity index (χ2n) is 5.34. The molecule has 1 aromatic carbocycles. The van der Waals surface area contributed by atoms with Gasteiger partial charge in [-0.15, -0.1) is 0 Å². The summed E-state index contributed by atoms with van der Waals surface area (Å²) in [5, 5.41) is 2.26. The van der Waals surface area contributed by atoms with Gasteiger partial charge in [-0.05, 0) is 19.1 Å². The van der Waals surface area contributed by atoms with Gasteiger partial charge in [-0.2, -0.15) is 0 Å². The van der Waals surface area contributed by atoms with Gasteiger partial charge in [-0.1, -0.05) is 19.1 Å². The van der Waals surface area contributed by atoms with Crippen molar-refractivity contribution in [1.82, 2.24) is 9.66 Å². The maximum Gasteiger partial charge on any atom is 0.334 e. The Bertz CT molecular complexity index is 783. The predicted molar refractivity (Wildman–Crippen MR) is 78.9 cm³/mol. The number of para-hydroxylation sites is 1. The first-order valence-corrected chi connectivity index (χ1v) is 6.90. The van der Waals surface area contributed by atoms with E-state index >= 15 is 0 Å². The number of fused-ring (bicyclic) bond motifs is 1. The molecule has 2 heterocycles. The molecule has 0 unspecified atom stereocenters. The van der Waals surface area contributed by atoms with Gasteiger partial charge in [0.1, 0.15) is 5.82 Å². The van der Waals surface area contributed by atoms with Crippen molar-refractivity contribution in [3.8, 4) is 0 Å². The number of esters is 1. The molecule has 2 aromatic rings. The summed E-state index contributed by atoms with van der Waals surface area (Å²) in [5.41, 5.74) is -0.255. The number of carbonyl (C=O) groups is 1. The van der Waals surface area contributed by atoms with E-state index in [1.165, 1.54) is 11.8 Å². The third-order valence-electron chi connectivity index (χ3n) is 3.93. The highest BCUT2D eigenvalue weighted by molar-refractivity contribution is 5.88. The van der Waals surface area contributed by atoms with Crippen LogP contribution in [0.25, 0.3) is 10.9 Å². The van der Waals surface area contributed by atoms with Gasteiger partial charge < -0.3 is 4.74 Å². The quantitative estimate of drug-likeness (QED) is 0.618. The molecular weight excluding hydrogens is 270 g/mol. The van der Waals surface area contributed by atoms with Crippen molar-refractivity contribution < 1.29 is 9.53 Å². The monoisotopic (exact) mass is 287 g/mol. The number of benzene rings is 1. The van der Waals surface area contributed by atoms with Crippen LogP contribution in [0.3, 0.4) is 0 Å². The zero-order valence-corrected chi connectivity index (χ0v) is 12.3. The van der Waals surface area contributed by atoms with Crippen LogP contribution < -0.4 is 10.6 Å². The average molecular weight is 287 g/mol. The first-order valence-electron chi connectivity index (χ1n) is 6.90. The summed E-state index contributed by atoms with van der Waals surface area (Å²) in [4.78, 5) is 29.1. The molecule has 0 spiro atoms. The molecule has 21 heavy (non-hydrogen) atoms. The summed E-state index contributed by atoms with van der Waals surface area (Å²) in [6, 6.07) is 7.24. The molecule has 6 nitrogen and oxygen atoms in total. The van der Waals surface area contributed by atoms with Gasteiger partial charge in [0, 0.05) is 6.42 Å². The molecular formula is C15H17N3O3. The van der Waals surface area contributed by atoms with Crippen LogP contribution in [0, 0.1) is 0 Å². The van der Waals surface area contributed by atoms with E-state index in [1.54, 1.807) is 18.0 Å². The number of nitrogens with zero attached hydrogens (tertiary/aromatic N) is 3. The summed E-state index contributed by atoms with van der Waals surface area (Å²) >= 11 is 0. The lowest BCUT2D eigenvalue weighted by Crippen LogP contribution is -2.39. The first-order chi connectivity index (χ1) is 10.0. The molecule has 1 fully saturated rings. The highest BCUT2D eigenvalue weighted by atomic mass is 16.5. The molecule has 1 saturated heterocycles. The maximum absolute atomic E-state index is 12.7. The van der Waals surface area contributed by atoms with Crippen LogP contribution in [-0.2, 0) is 16.0 Å². The molecule has 1 aromatic heterocycles. The summed E-state index contributed by atoms with van der Waals surface area (Å²) < 4.78 is 6.33. The SMILES string of the molecule is CCc1nc2ccccc2c(=O)n1N1C[C@]1(C)C(=O)OC. The van der Waals surface area contributed by atoms with Crippen LogP contribution in [0.4, 0.5) is 0 Å². The van der Waals surface area contributed by atoms with Gasteiger partial charge in [-0.25, -0.2) is 14.5 Å². The largest absolute Gasteiger partial charge is 0.467 e. The minimum absolute atomic E-state index is 0.148. The fourth-order valence-corrected chi connectivity index (χ4v) is 2.58. The van der Waals surface area contributed by atoms with Gasteiger partial charge in [0.05, 0.1) is 24.6 Å². The Labute approximate surface area is 121 Å². The Morgan fingerprint density at radius 2 is 2.14 bits per heavy atom. The summed E-state index contributed by atoms with van der Waals surface area (Å²) in [6.07, 6.45) is 0.605. The fraction of sp³-hybridized carbons (Fsp3) is 0.400. The van der Waals surface area contributed by atoms with E-state index < -0.39 is 5.54 Å². The Balaban J connectivity index is 2.18. The number of hydrogen-bond acceptors (Lipinski definition) is 5. The van der Waals surface area contributed by atoms with E-state index in [-0.39, 0.29) is 11.5 Å². The van der Waals surface area contributed by atoms with Gasteiger partial charge in [0.25, 0.3) is 5.56 Å². The van der Waals surface area contributed by atoms with Crippen LogP contribution in [-0.4, -0.2) is 34.8 Å².